The molecule has 4 aromatic rings. The van der Waals surface area contributed by atoms with Gasteiger partial charge < -0.3 is 19.5 Å². The average molecular weight is 456 g/mol. The van der Waals surface area contributed by atoms with Crippen LogP contribution in [0.4, 0.5) is 5.69 Å². The van der Waals surface area contributed by atoms with Crippen LogP contribution in [-0.2, 0) is 0 Å². The lowest BCUT2D eigenvalue weighted by molar-refractivity contribution is 0.101. The first-order chi connectivity index (χ1) is 16.5. The Kier molecular flexibility index (Phi) is 6.45. The van der Waals surface area contributed by atoms with E-state index in [4.69, 9.17) is 19.2 Å². The van der Waals surface area contributed by atoms with E-state index in [-0.39, 0.29) is 11.7 Å². The van der Waals surface area contributed by atoms with Crippen molar-refractivity contribution in [3.05, 3.63) is 77.9 Å². The Hall–Kier alpha value is -4.39. The van der Waals surface area contributed by atoms with Crippen LogP contribution in [-0.4, -0.2) is 38.0 Å². The number of pyridine rings is 1. The van der Waals surface area contributed by atoms with E-state index in [0.717, 1.165) is 0 Å². The molecule has 0 aliphatic heterocycles. The molecule has 0 fully saturated rings. The minimum Gasteiger partial charge on any atom is -0.493 e. The monoisotopic (exact) mass is 456 g/mol. The van der Waals surface area contributed by atoms with Crippen LogP contribution >= 0.6 is 0 Å². The SMILES string of the molecule is COc1cc(-c2cc(C(=O)Nc3ccccc3C(C)=O)c3ccccc3n2)cc(OC)c1OC. The molecule has 0 unspecified atom stereocenters. The lowest BCUT2D eigenvalue weighted by Crippen LogP contribution is -2.15. The number of hydrogen-bond acceptors (Lipinski definition) is 6. The fourth-order valence-electron chi connectivity index (χ4n) is 3.83. The first kappa shape index (κ1) is 22.8. The highest BCUT2D eigenvalue weighted by Crippen LogP contribution is 2.41. The van der Waals surface area contributed by atoms with Crippen molar-refractivity contribution < 1.29 is 23.8 Å². The van der Waals surface area contributed by atoms with Gasteiger partial charge in [0.2, 0.25) is 5.75 Å². The van der Waals surface area contributed by atoms with E-state index in [1.165, 1.54) is 14.0 Å². The number of para-hydroxylation sites is 2. The van der Waals surface area contributed by atoms with Crippen molar-refractivity contribution in [3.63, 3.8) is 0 Å². The molecular formula is C27H24N2O5. The highest BCUT2D eigenvalue weighted by Gasteiger charge is 2.19. The number of ketones is 1. The standard InChI is InChI=1S/C27H24N2O5/c1-16(30)18-9-5-7-11-21(18)29-27(31)20-15-23(28-22-12-8-6-10-19(20)22)17-13-24(32-2)26(34-4)25(14-17)33-3/h5-15H,1-4H3,(H,29,31). The van der Waals surface area contributed by atoms with Crippen molar-refractivity contribution in [2.75, 3.05) is 26.6 Å². The first-order valence-corrected chi connectivity index (χ1v) is 10.6. The largest absolute Gasteiger partial charge is 0.493 e. The second-order valence-electron chi connectivity index (χ2n) is 7.54. The zero-order valence-electron chi connectivity index (χ0n) is 19.3. The Morgan fingerprint density at radius 3 is 2.09 bits per heavy atom. The molecule has 0 atom stereocenters. The van der Waals surface area contributed by atoms with Crippen molar-refractivity contribution in [1.82, 2.24) is 4.98 Å². The van der Waals surface area contributed by atoms with Crippen LogP contribution in [0.5, 0.6) is 17.2 Å². The molecule has 34 heavy (non-hydrogen) atoms. The number of rotatable bonds is 7. The number of nitrogens with one attached hydrogen (secondary N) is 1. The molecule has 0 saturated heterocycles. The third kappa shape index (κ3) is 4.28. The summed E-state index contributed by atoms with van der Waals surface area (Å²) in [6, 6.07) is 19.6. The number of benzene rings is 3. The summed E-state index contributed by atoms with van der Waals surface area (Å²) in [7, 11) is 4.62. The van der Waals surface area contributed by atoms with Crippen LogP contribution in [0.15, 0.2) is 66.7 Å². The van der Waals surface area contributed by atoms with E-state index in [1.54, 1.807) is 56.7 Å². The lowest BCUT2D eigenvalue weighted by Gasteiger charge is -2.15. The molecule has 4 rings (SSSR count). The second-order valence-corrected chi connectivity index (χ2v) is 7.54. The van der Waals surface area contributed by atoms with Crippen molar-refractivity contribution in [3.8, 4) is 28.5 Å². The Balaban J connectivity index is 1.86. The molecule has 0 aliphatic carbocycles. The highest BCUT2D eigenvalue weighted by atomic mass is 16.5. The van der Waals surface area contributed by atoms with Crippen LogP contribution in [0.1, 0.15) is 27.6 Å². The second kappa shape index (κ2) is 9.62. The number of fused-ring (bicyclic) bond motifs is 1. The minimum atomic E-state index is -0.346. The number of aromatic nitrogens is 1. The molecule has 0 radical (unpaired) electrons. The maximum atomic E-state index is 13.4. The number of amides is 1. The maximum absolute atomic E-state index is 13.4. The molecule has 7 nitrogen and oxygen atoms in total. The van der Waals surface area contributed by atoms with Gasteiger partial charge in [0.05, 0.1) is 43.8 Å². The maximum Gasteiger partial charge on any atom is 0.256 e. The Morgan fingerprint density at radius 2 is 1.44 bits per heavy atom. The summed E-state index contributed by atoms with van der Waals surface area (Å²) < 4.78 is 16.4. The van der Waals surface area contributed by atoms with Crippen molar-refractivity contribution in [2.24, 2.45) is 0 Å². The van der Waals surface area contributed by atoms with E-state index in [0.29, 0.717) is 56.2 Å². The van der Waals surface area contributed by atoms with Crippen LogP contribution in [0.25, 0.3) is 22.2 Å². The number of carbonyl (C=O) groups is 2. The van der Waals surface area contributed by atoms with Gasteiger partial charge >= 0.3 is 0 Å². The summed E-state index contributed by atoms with van der Waals surface area (Å²) in [6.45, 7) is 1.47. The van der Waals surface area contributed by atoms with E-state index in [2.05, 4.69) is 5.32 Å². The summed E-state index contributed by atoms with van der Waals surface area (Å²) in [5.74, 6) is 0.948. The third-order valence-corrected chi connectivity index (χ3v) is 5.48. The van der Waals surface area contributed by atoms with Gasteiger partial charge in [-0.25, -0.2) is 4.98 Å². The van der Waals surface area contributed by atoms with Gasteiger partial charge in [-0.1, -0.05) is 30.3 Å². The number of Topliss-reactive ketones (excluding diaryl/α,β-unsaturated/α-hetero) is 1. The van der Waals surface area contributed by atoms with Gasteiger partial charge in [-0.2, -0.15) is 0 Å². The first-order valence-electron chi connectivity index (χ1n) is 10.6. The fourth-order valence-corrected chi connectivity index (χ4v) is 3.83. The van der Waals surface area contributed by atoms with E-state index < -0.39 is 0 Å². The Labute approximate surface area is 197 Å². The van der Waals surface area contributed by atoms with Crippen LogP contribution in [0.3, 0.4) is 0 Å². The molecule has 0 spiro atoms. The summed E-state index contributed by atoms with van der Waals surface area (Å²) in [6.07, 6.45) is 0. The number of carbonyl (C=O) groups excluding carboxylic acids is 2. The number of methoxy groups -OCH3 is 3. The average Bonchev–Trinajstić information content (AvgIpc) is 2.87. The summed E-state index contributed by atoms with van der Waals surface area (Å²) in [4.78, 5) is 30.2. The van der Waals surface area contributed by atoms with Crippen molar-refractivity contribution >= 4 is 28.3 Å². The highest BCUT2D eigenvalue weighted by molar-refractivity contribution is 6.15. The molecule has 0 aliphatic rings. The van der Waals surface area contributed by atoms with Gasteiger partial charge in [0.1, 0.15) is 0 Å². The molecule has 1 amide bonds. The lowest BCUT2D eigenvalue weighted by atomic mass is 10.0. The normalized spacial score (nSPS) is 10.6. The van der Waals surface area contributed by atoms with E-state index in [1.807, 2.05) is 24.3 Å². The van der Waals surface area contributed by atoms with Gasteiger partial charge in [-0.3, -0.25) is 9.59 Å². The van der Waals surface area contributed by atoms with Crippen LogP contribution in [0.2, 0.25) is 0 Å². The summed E-state index contributed by atoms with van der Waals surface area (Å²) >= 11 is 0. The molecule has 1 N–H and O–H groups in total. The van der Waals surface area contributed by atoms with Gasteiger partial charge in [0.25, 0.3) is 5.91 Å². The molecule has 3 aromatic carbocycles. The number of anilines is 1. The number of nitrogens with zero attached hydrogens (tertiary/aromatic N) is 1. The molecule has 1 heterocycles. The third-order valence-electron chi connectivity index (χ3n) is 5.48. The zero-order chi connectivity index (χ0) is 24.2. The molecule has 7 heteroatoms. The quantitative estimate of drug-likeness (QED) is 0.376. The molecular weight excluding hydrogens is 432 g/mol. The Bertz CT molecular complexity index is 1370. The molecule has 1 aromatic heterocycles. The van der Waals surface area contributed by atoms with Gasteiger partial charge in [-0.15, -0.1) is 0 Å². The van der Waals surface area contributed by atoms with Gasteiger partial charge in [-0.05, 0) is 43.3 Å². The van der Waals surface area contributed by atoms with E-state index in [9.17, 15) is 9.59 Å². The summed E-state index contributed by atoms with van der Waals surface area (Å²) in [5.41, 5.74) is 3.22. The minimum absolute atomic E-state index is 0.131. The predicted molar refractivity (Wildman–Crippen MR) is 131 cm³/mol. The van der Waals surface area contributed by atoms with Crippen LogP contribution < -0.4 is 19.5 Å². The number of hydrogen-bond donors (Lipinski definition) is 1. The van der Waals surface area contributed by atoms with Crippen molar-refractivity contribution in [1.29, 1.82) is 0 Å². The summed E-state index contributed by atoms with van der Waals surface area (Å²) in [5, 5.41) is 3.58. The van der Waals surface area contributed by atoms with Gasteiger partial charge in [0.15, 0.2) is 17.3 Å². The topological polar surface area (TPSA) is 86.8 Å². The molecule has 0 bridgehead atoms. The zero-order valence-corrected chi connectivity index (χ0v) is 19.3. The fraction of sp³-hybridized carbons (Fsp3) is 0.148. The molecule has 0 saturated carbocycles. The van der Waals surface area contributed by atoms with Gasteiger partial charge in [0, 0.05) is 16.5 Å². The molecule has 172 valence electrons. The van der Waals surface area contributed by atoms with Crippen molar-refractivity contribution in [2.45, 2.75) is 6.92 Å². The smallest absolute Gasteiger partial charge is 0.256 e. The number of ether oxygens (including phenoxy) is 3. The van der Waals surface area contributed by atoms with Crippen LogP contribution in [0, 0.1) is 0 Å². The predicted octanol–water partition coefficient (Wildman–Crippen LogP) is 5.38. The van der Waals surface area contributed by atoms with E-state index >= 15 is 0 Å². The Morgan fingerprint density at radius 1 is 0.794 bits per heavy atom.